The SMILES string of the molecule is C[C@@H]1C[C@H]2[C@@H]3CCC4=CC(=O)C=C[C@]4(C)[C@@]3(F)[C@@H](O)C[C@]2(C)[C@@]1(OC(=O)C(Cl)Cl)C(=O)OCS(C)(=O)=O. The standard InChI is InChI=1S/C25H31Cl2FO8S/c1-13-9-17-16-6-5-14-10-15(29)7-8-22(14,2)24(16,28)18(30)11-23(17,3)25(13,36-20(31)19(26)27)21(32)35-12-37(4,33)34/h7-8,10,13,16-19,30H,5-6,9,11-12H2,1-4H3/t13-,16+,17+,18+,22+,23+,24+,25+/m1/s1. The highest BCUT2D eigenvalue weighted by Crippen LogP contribution is 2.71. The first-order valence-corrected chi connectivity index (χ1v) is 15.0. The van der Waals surface area contributed by atoms with E-state index in [1.807, 2.05) is 0 Å². The number of halogens is 3. The number of aliphatic hydroxyl groups excluding tert-OH is 1. The Morgan fingerprint density at radius 2 is 1.92 bits per heavy atom. The summed E-state index contributed by atoms with van der Waals surface area (Å²) in [4.78, 5) is 36.7. The number of allylic oxidation sites excluding steroid dienone is 4. The van der Waals surface area contributed by atoms with Crippen LogP contribution < -0.4 is 0 Å². The summed E-state index contributed by atoms with van der Waals surface area (Å²) in [6, 6.07) is 0. The molecule has 0 bridgehead atoms. The van der Waals surface area contributed by atoms with Crippen molar-refractivity contribution in [3.63, 3.8) is 0 Å². The first-order valence-electron chi connectivity index (χ1n) is 12.1. The summed E-state index contributed by atoms with van der Waals surface area (Å²) in [5.41, 5.74) is -6.23. The van der Waals surface area contributed by atoms with Crippen molar-refractivity contribution in [2.75, 3.05) is 12.2 Å². The molecule has 0 aromatic carbocycles. The third kappa shape index (κ3) is 4.00. The van der Waals surface area contributed by atoms with Gasteiger partial charge in [0.1, 0.15) is 0 Å². The Morgan fingerprint density at radius 3 is 2.51 bits per heavy atom. The lowest BCUT2D eigenvalue weighted by Crippen LogP contribution is -2.70. The van der Waals surface area contributed by atoms with Crippen molar-refractivity contribution in [1.82, 2.24) is 0 Å². The number of hydrogen-bond acceptors (Lipinski definition) is 8. The van der Waals surface area contributed by atoms with E-state index in [9.17, 15) is 27.9 Å². The van der Waals surface area contributed by atoms with Crippen molar-refractivity contribution in [2.24, 2.45) is 28.6 Å². The van der Waals surface area contributed by atoms with Crippen LogP contribution in [-0.4, -0.2) is 65.7 Å². The first-order chi connectivity index (χ1) is 16.9. The predicted molar refractivity (Wildman–Crippen MR) is 133 cm³/mol. The van der Waals surface area contributed by atoms with Gasteiger partial charge in [-0.25, -0.2) is 22.4 Å². The Labute approximate surface area is 225 Å². The van der Waals surface area contributed by atoms with E-state index < -0.39 is 78.5 Å². The van der Waals surface area contributed by atoms with Crippen molar-refractivity contribution < 1.29 is 41.8 Å². The van der Waals surface area contributed by atoms with Gasteiger partial charge in [0.15, 0.2) is 27.2 Å². The molecule has 37 heavy (non-hydrogen) atoms. The lowest BCUT2D eigenvalue weighted by Gasteiger charge is -2.62. The van der Waals surface area contributed by atoms with E-state index in [0.717, 1.165) is 6.26 Å². The van der Waals surface area contributed by atoms with Gasteiger partial charge in [-0.05, 0) is 50.7 Å². The van der Waals surface area contributed by atoms with Gasteiger partial charge in [0, 0.05) is 28.9 Å². The molecule has 0 amide bonds. The maximum absolute atomic E-state index is 17.3. The number of ether oxygens (including phenoxy) is 2. The van der Waals surface area contributed by atoms with Crippen molar-refractivity contribution in [3.8, 4) is 0 Å². The van der Waals surface area contributed by atoms with Gasteiger partial charge in [0.05, 0.1) is 6.10 Å². The zero-order valence-electron chi connectivity index (χ0n) is 21.0. The van der Waals surface area contributed by atoms with Crippen LogP contribution in [0.4, 0.5) is 4.39 Å². The van der Waals surface area contributed by atoms with E-state index in [1.165, 1.54) is 18.2 Å². The van der Waals surface area contributed by atoms with Crippen molar-refractivity contribution in [1.29, 1.82) is 0 Å². The van der Waals surface area contributed by atoms with E-state index in [4.69, 9.17) is 32.7 Å². The third-order valence-electron chi connectivity index (χ3n) is 9.33. The minimum absolute atomic E-state index is 0.230. The fourth-order valence-electron chi connectivity index (χ4n) is 7.70. The summed E-state index contributed by atoms with van der Waals surface area (Å²) in [5.74, 6) is -5.51. The highest BCUT2D eigenvalue weighted by molar-refractivity contribution is 7.90. The smallest absolute Gasteiger partial charge is 0.352 e. The average Bonchev–Trinajstić information content (AvgIpc) is 3.00. The third-order valence-corrected chi connectivity index (χ3v) is 10.2. The van der Waals surface area contributed by atoms with Gasteiger partial charge < -0.3 is 14.6 Å². The fraction of sp³-hybridized carbons (Fsp3) is 0.720. The van der Waals surface area contributed by atoms with E-state index >= 15 is 4.39 Å². The topological polar surface area (TPSA) is 124 Å². The number of esters is 2. The van der Waals surface area contributed by atoms with E-state index in [-0.39, 0.29) is 18.6 Å². The molecular formula is C25H31Cl2FO8S. The number of aliphatic hydroxyl groups is 1. The Hall–Kier alpha value is -1.49. The van der Waals surface area contributed by atoms with Gasteiger partial charge in [-0.1, -0.05) is 48.7 Å². The summed E-state index contributed by atoms with van der Waals surface area (Å²) >= 11 is 11.5. The molecule has 0 heterocycles. The van der Waals surface area contributed by atoms with Gasteiger partial charge in [0.25, 0.3) is 0 Å². The zero-order valence-corrected chi connectivity index (χ0v) is 23.3. The largest absolute Gasteiger partial charge is 0.446 e. The van der Waals surface area contributed by atoms with Gasteiger partial charge in [-0.3, -0.25) is 4.79 Å². The Balaban J connectivity index is 1.83. The monoisotopic (exact) mass is 580 g/mol. The average molecular weight is 581 g/mol. The van der Waals surface area contributed by atoms with E-state index in [2.05, 4.69) is 0 Å². The van der Waals surface area contributed by atoms with Crippen LogP contribution in [0.5, 0.6) is 0 Å². The number of sulfone groups is 1. The van der Waals surface area contributed by atoms with Gasteiger partial charge in [0.2, 0.25) is 10.4 Å². The van der Waals surface area contributed by atoms with Crippen LogP contribution in [0.25, 0.3) is 0 Å². The molecule has 0 spiro atoms. The number of hydrogen-bond donors (Lipinski definition) is 1. The van der Waals surface area contributed by atoms with Crippen LogP contribution in [0.1, 0.15) is 46.5 Å². The molecule has 0 aromatic heterocycles. The second-order valence-corrected chi connectivity index (χ2v) is 14.5. The molecule has 4 aliphatic carbocycles. The number of ketones is 1. The predicted octanol–water partition coefficient (Wildman–Crippen LogP) is 3.23. The van der Waals surface area contributed by atoms with Crippen LogP contribution in [0.2, 0.25) is 0 Å². The van der Waals surface area contributed by atoms with Crippen molar-refractivity contribution >= 4 is 50.8 Å². The highest BCUT2D eigenvalue weighted by atomic mass is 35.5. The second-order valence-electron chi connectivity index (χ2n) is 11.3. The van der Waals surface area contributed by atoms with Gasteiger partial charge >= 0.3 is 11.9 Å². The van der Waals surface area contributed by atoms with Crippen LogP contribution in [0.15, 0.2) is 23.8 Å². The molecule has 8 nitrogen and oxygen atoms in total. The van der Waals surface area contributed by atoms with Gasteiger partial charge in [-0.15, -0.1) is 0 Å². The van der Waals surface area contributed by atoms with Crippen LogP contribution >= 0.6 is 23.2 Å². The molecule has 12 heteroatoms. The normalized spacial score (nSPS) is 42.9. The molecule has 4 aliphatic rings. The summed E-state index contributed by atoms with van der Waals surface area (Å²) in [5, 5.41) is 11.5. The number of carbonyl (C=O) groups is 3. The molecule has 0 aromatic rings. The highest BCUT2D eigenvalue weighted by Gasteiger charge is 2.78. The lowest BCUT2D eigenvalue weighted by atomic mass is 9.44. The number of rotatable bonds is 5. The first kappa shape index (κ1) is 28.5. The van der Waals surface area contributed by atoms with Crippen LogP contribution in [0.3, 0.4) is 0 Å². The summed E-state index contributed by atoms with van der Waals surface area (Å²) < 4.78 is 51.7. The molecule has 3 saturated carbocycles. The Kier molecular flexibility index (Phi) is 6.96. The van der Waals surface area contributed by atoms with Crippen LogP contribution in [0, 0.1) is 28.6 Å². The molecule has 206 valence electrons. The number of carbonyl (C=O) groups excluding carboxylic acids is 3. The number of fused-ring (bicyclic) bond motifs is 5. The number of alkyl halides is 3. The summed E-state index contributed by atoms with van der Waals surface area (Å²) in [6.45, 7) is 4.93. The molecule has 8 atom stereocenters. The zero-order chi connectivity index (χ0) is 27.8. The summed E-state index contributed by atoms with van der Waals surface area (Å²) in [7, 11) is -3.74. The molecular weight excluding hydrogens is 550 g/mol. The quantitative estimate of drug-likeness (QED) is 0.388. The van der Waals surface area contributed by atoms with E-state index in [1.54, 1.807) is 20.8 Å². The van der Waals surface area contributed by atoms with E-state index in [0.29, 0.717) is 18.4 Å². The molecule has 1 N–H and O–H groups in total. The van der Waals surface area contributed by atoms with Gasteiger partial charge in [-0.2, -0.15) is 0 Å². The minimum atomic E-state index is -3.74. The minimum Gasteiger partial charge on any atom is -0.446 e. The fourth-order valence-corrected chi connectivity index (χ4v) is 8.11. The molecule has 0 unspecified atom stereocenters. The second kappa shape index (κ2) is 9.03. The van der Waals surface area contributed by atoms with Crippen molar-refractivity contribution in [3.05, 3.63) is 23.8 Å². The molecule has 3 fully saturated rings. The van der Waals surface area contributed by atoms with Crippen LogP contribution in [-0.2, 0) is 33.7 Å². The van der Waals surface area contributed by atoms with Crippen molar-refractivity contribution in [2.45, 2.75) is 68.7 Å². The molecule has 0 aliphatic heterocycles. The lowest BCUT2D eigenvalue weighted by molar-refractivity contribution is -0.235. The maximum atomic E-state index is 17.3. The maximum Gasteiger partial charge on any atom is 0.352 e. The molecule has 0 radical (unpaired) electrons. The Morgan fingerprint density at radius 1 is 1.27 bits per heavy atom. The summed E-state index contributed by atoms with van der Waals surface area (Å²) in [6.07, 6.45) is 4.15. The molecule has 4 rings (SSSR count). The Bertz CT molecular complexity index is 1200. The molecule has 0 saturated heterocycles.